The number of aromatic amines is 1. The highest BCUT2D eigenvalue weighted by Gasteiger charge is 2.20. The molecule has 5 aromatic rings. The van der Waals surface area contributed by atoms with Crippen molar-refractivity contribution < 1.29 is 4.79 Å². The predicted octanol–water partition coefficient (Wildman–Crippen LogP) is 5.02. The Balaban J connectivity index is 1.50. The molecule has 0 aliphatic rings. The van der Waals surface area contributed by atoms with Crippen LogP contribution in [0.5, 0.6) is 0 Å². The Morgan fingerprint density at radius 1 is 1.12 bits per heavy atom. The Bertz CT molecular complexity index is 1390. The third kappa shape index (κ3) is 4.38. The number of nitrogens with one attached hydrogen (secondary N) is 1. The zero-order valence-corrected chi connectivity index (χ0v) is 19.1. The maximum Gasteiger partial charge on any atom is 0.260 e. The van der Waals surface area contributed by atoms with Gasteiger partial charge in [-0.2, -0.15) is 5.10 Å². The number of carbonyl (C=O) groups excluding carboxylic acids is 1. The summed E-state index contributed by atoms with van der Waals surface area (Å²) in [5, 5.41) is 4.19. The zero-order valence-electron chi connectivity index (χ0n) is 18.3. The van der Waals surface area contributed by atoms with Crippen LogP contribution in [0.3, 0.4) is 0 Å². The monoisotopic (exact) mass is 454 g/mol. The van der Waals surface area contributed by atoms with Crippen molar-refractivity contribution in [3.05, 3.63) is 96.2 Å². The minimum atomic E-state index is -0.126. The Kier molecular flexibility index (Phi) is 5.66. The van der Waals surface area contributed by atoms with E-state index in [0.29, 0.717) is 17.9 Å². The van der Waals surface area contributed by atoms with Crippen LogP contribution in [0.15, 0.2) is 84.1 Å². The summed E-state index contributed by atoms with van der Waals surface area (Å²) in [6.07, 6.45) is 7.16. The summed E-state index contributed by atoms with van der Waals surface area (Å²) in [4.78, 5) is 28.8. The van der Waals surface area contributed by atoms with Gasteiger partial charge in [-0.1, -0.05) is 12.1 Å². The fourth-order valence-corrected chi connectivity index (χ4v) is 4.10. The smallest absolute Gasteiger partial charge is 0.260 e. The van der Waals surface area contributed by atoms with E-state index in [4.69, 9.17) is 0 Å². The molecule has 0 fully saturated rings. The molecule has 8 heteroatoms. The SMILES string of the molecule is CSc1ccc(CN(C(=O)c2ccc(-n3cccn3)nc2)c2ccc3nc(C)[nH]c3c2)cc1. The average Bonchev–Trinajstić information content (AvgIpc) is 3.51. The summed E-state index contributed by atoms with van der Waals surface area (Å²) in [5.41, 5.74) is 4.11. The number of fused-ring (bicyclic) bond motifs is 1. The van der Waals surface area contributed by atoms with Crippen LogP contribution >= 0.6 is 11.8 Å². The van der Waals surface area contributed by atoms with E-state index in [-0.39, 0.29) is 5.91 Å². The van der Waals surface area contributed by atoms with Gasteiger partial charge in [0.15, 0.2) is 5.82 Å². The maximum absolute atomic E-state index is 13.6. The van der Waals surface area contributed by atoms with Crippen molar-refractivity contribution in [2.75, 3.05) is 11.2 Å². The molecule has 3 aromatic heterocycles. The van der Waals surface area contributed by atoms with E-state index < -0.39 is 0 Å². The standard InChI is InChI=1S/C25H22N6OS/c1-17-28-22-10-7-20(14-23(22)29-17)30(16-18-4-8-21(33-2)9-5-18)25(32)19-6-11-24(26-15-19)31-13-3-12-27-31/h3-15H,16H2,1-2H3,(H,28,29). The summed E-state index contributed by atoms with van der Waals surface area (Å²) in [5.74, 6) is 1.37. The summed E-state index contributed by atoms with van der Waals surface area (Å²) in [7, 11) is 0. The zero-order chi connectivity index (χ0) is 22.8. The van der Waals surface area contributed by atoms with Crippen molar-refractivity contribution in [1.29, 1.82) is 0 Å². The van der Waals surface area contributed by atoms with Gasteiger partial charge in [0.25, 0.3) is 5.91 Å². The number of aryl methyl sites for hydroxylation is 1. The van der Waals surface area contributed by atoms with Crippen LogP contribution in [-0.4, -0.2) is 36.9 Å². The van der Waals surface area contributed by atoms with Crippen molar-refractivity contribution in [1.82, 2.24) is 24.7 Å². The van der Waals surface area contributed by atoms with Gasteiger partial charge in [-0.15, -0.1) is 11.8 Å². The molecule has 0 radical (unpaired) electrons. The molecular weight excluding hydrogens is 432 g/mol. The van der Waals surface area contributed by atoms with E-state index in [1.807, 2.05) is 43.6 Å². The highest BCUT2D eigenvalue weighted by molar-refractivity contribution is 7.98. The number of anilines is 1. The van der Waals surface area contributed by atoms with Crippen LogP contribution in [-0.2, 0) is 6.54 Å². The van der Waals surface area contributed by atoms with Gasteiger partial charge in [0.05, 0.1) is 23.1 Å². The first-order chi connectivity index (χ1) is 16.1. The Hall–Kier alpha value is -3.91. The maximum atomic E-state index is 13.6. The van der Waals surface area contributed by atoms with Gasteiger partial charge in [0.1, 0.15) is 5.82 Å². The second kappa shape index (κ2) is 8.91. The molecule has 0 aliphatic heterocycles. The lowest BCUT2D eigenvalue weighted by atomic mass is 10.1. The van der Waals surface area contributed by atoms with Gasteiger partial charge >= 0.3 is 0 Å². The van der Waals surface area contributed by atoms with E-state index in [1.54, 1.807) is 45.9 Å². The molecule has 0 saturated carbocycles. The highest BCUT2D eigenvalue weighted by Crippen LogP contribution is 2.25. The lowest BCUT2D eigenvalue weighted by Gasteiger charge is -2.23. The summed E-state index contributed by atoms with van der Waals surface area (Å²) in [6, 6.07) is 19.5. The minimum absolute atomic E-state index is 0.126. The van der Waals surface area contributed by atoms with Crippen molar-refractivity contribution in [2.24, 2.45) is 0 Å². The molecule has 33 heavy (non-hydrogen) atoms. The number of imidazole rings is 1. The number of aromatic nitrogens is 5. The minimum Gasteiger partial charge on any atom is -0.342 e. The molecule has 1 N–H and O–H groups in total. The molecule has 0 aliphatic carbocycles. The van der Waals surface area contributed by atoms with E-state index in [2.05, 4.69) is 44.3 Å². The number of pyridine rings is 1. The fraction of sp³-hybridized carbons (Fsp3) is 0.120. The summed E-state index contributed by atoms with van der Waals surface area (Å²) >= 11 is 1.69. The fourth-order valence-electron chi connectivity index (χ4n) is 3.70. The van der Waals surface area contributed by atoms with Gasteiger partial charge in [-0.05, 0) is 67.3 Å². The number of rotatable bonds is 6. The molecule has 1 amide bonds. The van der Waals surface area contributed by atoms with Crippen LogP contribution in [0.4, 0.5) is 5.69 Å². The van der Waals surface area contributed by atoms with Crippen molar-refractivity contribution in [2.45, 2.75) is 18.4 Å². The molecule has 3 heterocycles. The normalized spacial score (nSPS) is 11.1. The average molecular weight is 455 g/mol. The molecular formula is C25H22N6OS. The summed E-state index contributed by atoms with van der Waals surface area (Å²) in [6.45, 7) is 2.36. The number of hydrogen-bond donors (Lipinski definition) is 1. The number of thioether (sulfide) groups is 1. The predicted molar refractivity (Wildman–Crippen MR) is 131 cm³/mol. The van der Waals surface area contributed by atoms with Gasteiger partial charge in [0.2, 0.25) is 0 Å². The first-order valence-corrected chi connectivity index (χ1v) is 11.7. The van der Waals surface area contributed by atoms with Crippen LogP contribution < -0.4 is 4.90 Å². The molecule has 0 saturated heterocycles. The second-order valence-electron chi connectivity index (χ2n) is 7.62. The van der Waals surface area contributed by atoms with Crippen molar-refractivity contribution in [3.8, 4) is 5.82 Å². The number of benzene rings is 2. The van der Waals surface area contributed by atoms with E-state index >= 15 is 0 Å². The van der Waals surface area contributed by atoms with E-state index in [1.165, 1.54) is 4.90 Å². The number of nitrogens with zero attached hydrogens (tertiary/aromatic N) is 5. The van der Waals surface area contributed by atoms with Crippen LogP contribution in [0.2, 0.25) is 0 Å². The Morgan fingerprint density at radius 3 is 2.67 bits per heavy atom. The first kappa shape index (κ1) is 21.0. The largest absolute Gasteiger partial charge is 0.342 e. The lowest BCUT2D eigenvalue weighted by Crippen LogP contribution is -2.30. The van der Waals surface area contributed by atoms with Crippen LogP contribution in [0.1, 0.15) is 21.7 Å². The number of H-pyrrole nitrogens is 1. The van der Waals surface area contributed by atoms with E-state index in [0.717, 1.165) is 28.1 Å². The molecule has 0 bridgehead atoms. The molecule has 0 spiro atoms. The Labute approximate surface area is 195 Å². The quantitative estimate of drug-likeness (QED) is 0.365. The molecule has 7 nitrogen and oxygen atoms in total. The topological polar surface area (TPSA) is 79.7 Å². The third-order valence-electron chi connectivity index (χ3n) is 5.37. The molecule has 2 aromatic carbocycles. The van der Waals surface area contributed by atoms with Gasteiger partial charge in [-0.3, -0.25) is 4.79 Å². The second-order valence-corrected chi connectivity index (χ2v) is 8.50. The van der Waals surface area contributed by atoms with Gasteiger partial charge in [-0.25, -0.2) is 14.6 Å². The molecule has 164 valence electrons. The third-order valence-corrected chi connectivity index (χ3v) is 6.12. The summed E-state index contributed by atoms with van der Waals surface area (Å²) < 4.78 is 1.66. The molecule has 5 rings (SSSR count). The number of carbonyl (C=O) groups is 1. The van der Waals surface area contributed by atoms with Crippen molar-refractivity contribution in [3.63, 3.8) is 0 Å². The Morgan fingerprint density at radius 2 is 1.97 bits per heavy atom. The highest BCUT2D eigenvalue weighted by atomic mass is 32.2. The molecule has 0 unspecified atom stereocenters. The van der Waals surface area contributed by atoms with Gasteiger partial charge < -0.3 is 9.88 Å². The van der Waals surface area contributed by atoms with E-state index in [9.17, 15) is 4.79 Å². The number of hydrogen-bond acceptors (Lipinski definition) is 5. The van der Waals surface area contributed by atoms with Crippen molar-refractivity contribution >= 4 is 34.4 Å². The number of amides is 1. The first-order valence-electron chi connectivity index (χ1n) is 10.5. The lowest BCUT2D eigenvalue weighted by molar-refractivity contribution is 0.0985. The van der Waals surface area contributed by atoms with Crippen LogP contribution in [0.25, 0.3) is 16.9 Å². The molecule has 0 atom stereocenters. The van der Waals surface area contributed by atoms with Gasteiger partial charge in [0, 0.05) is 29.2 Å². The van der Waals surface area contributed by atoms with Crippen LogP contribution in [0, 0.1) is 6.92 Å².